The molecule has 1 aromatic heterocycles. The molecule has 7 nitrogen and oxygen atoms in total. The Balaban J connectivity index is 2.54. The Morgan fingerprint density at radius 1 is 1.30 bits per heavy atom. The quantitative estimate of drug-likeness (QED) is 0.550. The fourth-order valence-electron chi connectivity index (χ4n) is 1.30. The lowest BCUT2D eigenvalue weighted by atomic mass is 10.3. The molecular formula is C10H14F3N3O4. The summed E-state index contributed by atoms with van der Waals surface area (Å²) in [6, 6.07) is 0. The zero-order valence-electron chi connectivity index (χ0n) is 10.9. The minimum absolute atomic E-state index is 0.0480. The molecule has 0 radical (unpaired) electrons. The molecule has 0 aromatic carbocycles. The summed E-state index contributed by atoms with van der Waals surface area (Å²) in [7, 11) is 1.45. The summed E-state index contributed by atoms with van der Waals surface area (Å²) in [5.41, 5.74) is 0.256. The Kier molecular flexibility index (Phi) is 5.89. The molecule has 0 amide bonds. The maximum Gasteiger partial charge on any atom is 0.522 e. The number of hydrogen-bond acceptors (Lipinski definition) is 6. The second kappa shape index (κ2) is 7.20. The van der Waals surface area contributed by atoms with Gasteiger partial charge in [-0.3, -0.25) is 4.74 Å². The Morgan fingerprint density at radius 3 is 2.60 bits per heavy atom. The van der Waals surface area contributed by atoms with E-state index in [1.165, 1.54) is 14.0 Å². The summed E-state index contributed by atoms with van der Waals surface area (Å²) in [6.45, 7) is 0.993. The lowest BCUT2D eigenvalue weighted by molar-refractivity contribution is -0.325. The molecule has 0 atom stereocenters. The van der Waals surface area contributed by atoms with E-state index in [9.17, 15) is 18.0 Å². The molecule has 1 heterocycles. The van der Waals surface area contributed by atoms with E-state index in [-0.39, 0.29) is 25.5 Å². The van der Waals surface area contributed by atoms with Crippen LogP contribution in [0.1, 0.15) is 16.2 Å². The lowest BCUT2D eigenvalue weighted by Crippen LogP contribution is -2.18. The van der Waals surface area contributed by atoms with E-state index in [4.69, 9.17) is 9.47 Å². The highest BCUT2D eigenvalue weighted by atomic mass is 19.4. The van der Waals surface area contributed by atoms with Gasteiger partial charge in [0.1, 0.15) is 6.61 Å². The van der Waals surface area contributed by atoms with Crippen molar-refractivity contribution < 1.29 is 32.2 Å². The van der Waals surface area contributed by atoms with Gasteiger partial charge in [0.05, 0.1) is 25.5 Å². The number of rotatable bonds is 7. The smallest absolute Gasteiger partial charge is 0.458 e. The van der Waals surface area contributed by atoms with Gasteiger partial charge in [-0.15, -0.1) is 18.3 Å². The highest BCUT2D eigenvalue weighted by Crippen LogP contribution is 2.16. The summed E-state index contributed by atoms with van der Waals surface area (Å²) >= 11 is 0. The van der Waals surface area contributed by atoms with Crippen LogP contribution in [0.2, 0.25) is 0 Å². The number of methoxy groups -OCH3 is 1. The van der Waals surface area contributed by atoms with E-state index < -0.39 is 18.9 Å². The third-order valence-corrected chi connectivity index (χ3v) is 2.27. The molecule has 0 aliphatic carbocycles. The Labute approximate surface area is 112 Å². The normalized spacial score (nSPS) is 11.7. The Hall–Kier alpha value is -1.68. The number of alkyl halides is 3. The van der Waals surface area contributed by atoms with Gasteiger partial charge >= 0.3 is 12.3 Å². The van der Waals surface area contributed by atoms with E-state index in [2.05, 4.69) is 15.0 Å². The lowest BCUT2D eigenvalue weighted by Gasteiger charge is -2.07. The van der Waals surface area contributed by atoms with Crippen molar-refractivity contribution >= 4 is 5.97 Å². The van der Waals surface area contributed by atoms with Crippen LogP contribution in [0.3, 0.4) is 0 Å². The van der Waals surface area contributed by atoms with Crippen LogP contribution in [0.5, 0.6) is 0 Å². The minimum Gasteiger partial charge on any atom is -0.458 e. The van der Waals surface area contributed by atoms with Crippen LogP contribution in [-0.2, 0) is 20.8 Å². The van der Waals surface area contributed by atoms with Gasteiger partial charge in [-0.2, -0.15) is 0 Å². The molecule has 0 saturated carbocycles. The average Bonchev–Trinajstić information content (AvgIpc) is 2.70. The molecule has 0 bridgehead atoms. The number of ether oxygens (including phenoxy) is 3. The first kappa shape index (κ1) is 16.4. The molecule has 0 spiro atoms. The van der Waals surface area contributed by atoms with Crippen molar-refractivity contribution in [2.24, 2.45) is 0 Å². The van der Waals surface area contributed by atoms with E-state index in [1.54, 1.807) is 0 Å². The number of esters is 1. The van der Waals surface area contributed by atoms with Crippen molar-refractivity contribution in [2.75, 3.05) is 26.9 Å². The monoisotopic (exact) mass is 297 g/mol. The number of aromatic nitrogens is 3. The predicted octanol–water partition coefficient (Wildman–Crippen LogP) is 0.926. The number of halogens is 3. The van der Waals surface area contributed by atoms with Crippen LogP contribution in [0.25, 0.3) is 0 Å². The average molecular weight is 297 g/mol. The van der Waals surface area contributed by atoms with Gasteiger partial charge in [-0.1, -0.05) is 5.21 Å². The molecule has 0 aliphatic heterocycles. The second-order valence-corrected chi connectivity index (χ2v) is 3.67. The molecule has 0 N–H and O–H groups in total. The van der Waals surface area contributed by atoms with Gasteiger partial charge in [0.15, 0.2) is 5.69 Å². The van der Waals surface area contributed by atoms with Crippen LogP contribution in [0.4, 0.5) is 13.2 Å². The Bertz CT molecular complexity index is 447. The third kappa shape index (κ3) is 5.13. The molecule has 1 rings (SSSR count). The molecule has 0 aliphatic rings. The number of carbonyl (C=O) groups is 1. The largest absolute Gasteiger partial charge is 0.522 e. The van der Waals surface area contributed by atoms with Gasteiger partial charge in [-0.05, 0) is 6.92 Å². The van der Waals surface area contributed by atoms with E-state index in [1.807, 2.05) is 0 Å². The van der Waals surface area contributed by atoms with Gasteiger partial charge in [0.25, 0.3) is 0 Å². The third-order valence-electron chi connectivity index (χ3n) is 2.27. The highest BCUT2D eigenvalue weighted by molar-refractivity contribution is 5.88. The number of carbonyl (C=O) groups excluding carboxylic acids is 1. The SMILES string of the molecule is COCCOC(=O)c1nnn(CCOC(F)(F)F)c1C. The molecule has 20 heavy (non-hydrogen) atoms. The summed E-state index contributed by atoms with van der Waals surface area (Å²) in [5, 5.41) is 7.14. The topological polar surface area (TPSA) is 75.5 Å². The molecule has 10 heteroatoms. The molecule has 114 valence electrons. The van der Waals surface area contributed by atoms with Crippen molar-refractivity contribution in [3.8, 4) is 0 Å². The maximum atomic E-state index is 11.8. The molecule has 0 unspecified atom stereocenters. The van der Waals surface area contributed by atoms with Gasteiger partial charge < -0.3 is 9.47 Å². The summed E-state index contributed by atoms with van der Waals surface area (Å²) in [6.07, 6.45) is -4.70. The fraction of sp³-hybridized carbons (Fsp3) is 0.700. The van der Waals surface area contributed by atoms with Crippen molar-refractivity contribution in [3.05, 3.63) is 11.4 Å². The van der Waals surface area contributed by atoms with Gasteiger partial charge in [0.2, 0.25) is 0 Å². The molecule has 0 fully saturated rings. The van der Waals surface area contributed by atoms with Crippen molar-refractivity contribution in [1.29, 1.82) is 0 Å². The summed E-state index contributed by atoms with van der Waals surface area (Å²) < 4.78 is 49.7. The van der Waals surface area contributed by atoms with Crippen molar-refractivity contribution in [1.82, 2.24) is 15.0 Å². The first-order chi connectivity index (χ1) is 9.35. The minimum atomic E-state index is -4.70. The highest BCUT2D eigenvalue weighted by Gasteiger charge is 2.29. The van der Waals surface area contributed by atoms with Crippen molar-refractivity contribution in [3.63, 3.8) is 0 Å². The van der Waals surface area contributed by atoms with Crippen LogP contribution in [0.15, 0.2) is 0 Å². The van der Waals surface area contributed by atoms with E-state index >= 15 is 0 Å². The predicted molar refractivity (Wildman–Crippen MR) is 58.9 cm³/mol. The van der Waals surface area contributed by atoms with Gasteiger partial charge in [-0.25, -0.2) is 9.48 Å². The van der Waals surface area contributed by atoms with E-state index in [0.29, 0.717) is 5.69 Å². The maximum absolute atomic E-state index is 11.8. The first-order valence-electron chi connectivity index (χ1n) is 5.62. The van der Waals surface area contributed by atoms with Crippen LogP contribution in [0, 0.1) is 6.92 Å². The van der Waals surface area contributed by atoms with Gasteiger partial charge in [0, 0.05) is 7.11 Å². The molecular weight excluding hydrogens is 283 g/mol. The van der Waals surface area contributed by atoms with Crippen LogP contribution < -0.4 is 0 Å². The number of hydrogen-bond donors (Lipinski definition) is 0. The summed E-state index contributed by atoms with van der Waals surface area (Å²) in [4.78, 5) is 11.6. The zero-order chi connectivity index (χ0) is 15.2. The fourth-order valence-corrected chi connectivity index (χ4v) is 1.30. The Morgan fingerprint density at radius 2 is 2.00 bits per heavy atom. The van der Waals surface area contributed by atoms with E-state index in [0.717, 1.165) is 4.68 Å². The van der Waals surface area contributed by atoms with Crippen LogP contribution >= 0.6 is 0 Å². The van der Waals surface area contributed by atoms with Crippen LogP contribution in [-0.4, -0.2) is 54.3 Å². The molecule has 1 aromatic rings. The number of nitrogens with zero attached hydrogens (tertiary/aromatic N) is 3. The first-order valence-corrected chi connectivity index (χ1v) is 5.62. The van der Waals surface area contributed by atoms with Crippen molar-refractivity contribution in [2.45, 2.75) is 19.8 Å². The molecule has 0 saturated heterocycles. The zero-order valence-corrected chi connectivity index (χ0v) is 10.9. The summed E-state index contributed by atoms with van der Waals surface area (Å²) in [5.74, 6) is -0.706. The standard InChI is InChI=1S/C10H14F3N3O4/c1-7-8(9(17)19-6-5-18-2)14-15-16(7)3-4-20-10(11,12)13/h3-6H2,1-2H3. The second-order valence-electron chi connectivity index (χ2n) is 3.67.